The Balaban J connectivity index is 2.25. The fraction of sp³-hybridized carbons (Fsp3) is 0.818. The van der Waals surface area contributed by atoms with Gasteiger partial charge in [0.1, 0.15) is 0 Å². The van der Waals surface area contributed by atoms with Crippen LogP contribution in [-0.2, 0) is 0 Å². The molecule has 1 unspecified atom stereocenters. The highest BCUT2D eigenvalue weighted by atomic mass is 15.1. The first-order valence-corrected chi connectivity index (χ1v) is 5.15. The number of nitrogens with zero attached hydrogens (tertiary/aromatic N) is 1. The van der Waals surface area contributed by atoms with Gasteiger partial charge in [-0.1, -0.05) is 25.7 Å². The summed E-state index contributed by atoms with van der Waals surface area (Å²) in [6.07, 6.45) is 2.40. The molecular formula is C11H20N2. The Hall–Kier alpha value is -0.520. The van der Waals surface area contributed by atoms with Gasteiger partial charge in [0, 0.05) is 18.5 Å². The Morgan fingerprint density at radius 3 is 2.92 bits per heavy atom. The fourth-order valence-corrected chi connectivity index (χ4v) is 1.60. The van der Waals surface area contributed by atoms with E-state index in [0.29, 0.717) is 12.0 Å². The number of hydrogen-bond donors (Lipinski definition) is 1. The summed E-state index contributed by atoms with van der Waals surface area (Å²) in [5, 5.41) is 0. The molecule has 0 aromatic rings. The first-order valence-electron chi connectivity index (χ1n) is 5.15. The molecule has 74 valence electrons. The first-order chi connectivity index (χ1) is 6.18. The van der Waals surface area contributed by atoms with Crippen molar-refractivity contribution in [2.75, 3.05) is 19.6 Å². The van der Waals surface area contributed by atoms with Crippen LogP contribution in [0.15, 0.2) is 0 Å². The molecule has 1 aliphatic heterocycles. The Bertz CT molecular complexity index is 200. The Morgan fingerprint density at radius 2 is 2.31 bits per heavy atom. The van der Waals surface area contributed by atoms with E-state index in [9.17, 15) is 0 Å². The molecule has 2 N–H and O–H groups in total. The molecule has 1 rings (SSSR count). The van der Waals surface area contributed by atoms with Gasteiger partial charge in [0.15, 0.2) is 0 Å². The van der Waals surface area contributed by atoms with Crippen LogP contribution >= 0.6 is 0 Å². The zero-order valence-electron chi connectivity index (χ0n) is 8.71. The molecule has 0 aliphatic carbocycles. The van der Waals surface area contributed by atoms with E-state index < -0.39 is 0 Å². The average Bonchev–Trinajstić information content (AvgIpc) is 2.03. The van der Waals surface area contributed by atoms with E-state index in [4.69, 9.17) is 5.73 Å². The normalized spacial score (nSPS) is 24.2. The quantitative estimate of drug-likeness (QED) is 0.612. The van der Waals surface area contributed by atoms with Gasteiger partial charge in [-0.05, 0) is 19.4 Å². The van der Waals surface area contributed by atoms with Crippen LogP contribution < -0.4 is 5.73 Å². The molecule has 0 spiro atoms. The maximum absolute atomic E-state index is 5.87. The fourth-order valence-electron chi connectivity index (χ4n) is 1.60. The van der Waals surface area contributed by atoms with E-state index in [-0.39, 0.29) is 0 Å². The van der Waals surface area contributed by atoms with Gasteiger partial charge < -0.3 is 5.73 Å². The summed E-state index contributed by atoms with van der Waals surface area (Å²) in [5.74, 6) is 6.86. The van der Waals surface area contributed by atoms with Crippen molar-refractivity contribution in [2.45, 2.75) is 32.7 Å². The summed E-state index contributed by atoms with van der Waals surface area (Å²) >= 11 is 0. The molecule has 0 aromatic heterocycles. The minimum Gasteiger partial charge on any atom is -0.327 e. The van der Waals surface area contributed by atoms with Crippen molar-refractivity contribution in [1.29, 1.82) is 0 Å². The molecule has 1 saturated heterocycles. The minimum atomic E-state index is 0.370. The topological polar surface area (TPSA) is 29.3 Å². The van der Waals surface area contributed by atoms with Crippen LogP contribution in [0.5, 0.6) is 0 Å². The van der Waals surface area contributed by atoms with Gasteiger partial charge in [-0.3, -0.25) is 4.90 Å². The molecule has 1 atom stereocenters. The summed E-state index contributed by atoms with van der Waals surface area (Å²) in [4.78, 5) is 2.35. The highest BCUT2D eigenvalue weighted by molar-refractivity contribution is 5.03. The smallest absolute Gasteiger partial charge is 0.0602 e. The maximum atomic E-state index is 5.87. The molecule has 0 saturated carbocycles. The lowest BCUT2D eigenvalue weighted by Gasteiger charge is -2.28. The van der Waals surface area contributed by atoms with Crippen molar-refractivity contribution >= 4 is 0 Å². The standard InChI is InChI=1S/C11H20N2/c1-10(2)5-3-7-13-8-4-6-11(12)9-13/h10-11H,4,6-9,12H2,1-2H3. The molecule has 1 aliphatic rings. The summed E-state index contributed by atoms with van der Waals surface area (Å²) in [7, 11) is 0. The molecular weight excluding hydrogens is 160 g/mol. The van der Waals surface area contributed by atoms with Gasteiger partial charge in [-0.15, -0.1) is 0 Å². The monoisotopic (exact) mass is 180 g/mol. The summed E-state index contributed by atoms with van der Waals surface area (Å²) < 4.78 is 0. The SMILES string of the molecule is CC(C)C#CCN1CCCC(N)C1. The number of rotatable bonds is 1. The van der Waals surface area contributed by atoms with E-state index >= 15 is 0 Å². The Kier molecular flexibility index (Phi) is 4.27. The first kappa shape index (κ1) is 10.6. The summed E-state index contributed by atoms with van der Waals surface area (Å²) in [6.45, 7) is 7.32. The average molecular weight is 180 g/mol. The minimum absolute atomic E-state index is 0.370. The van der Waals surface area contributed by atoms with Crippen molar-refractivity contribution in [2.24, 2.45) is 11.7 Å². The van der Waals surface area contributed by atoms with Crippen LogP contribution in [0.25, 0.3) is 0 Å². The second kappa shape index (κ2) is 5.26. The van der Waals surface area contributed by atoms with E-state index in [1.807, 2.05) is 0 Å². The van der Waals surface area contributed by atoms with Crippen LogP contribution in [0.3, 0.4) is 0 Å². The van der Waals surface area contributed by atoms with Crippen LogP contribution in [0.4, 0.5) is 0 Å². The van der Waals surface area contributed by atoms with Crippen LogP contribution in [0.2, 0.25) is 0 Å². The molecule has 1 fully saturated rings. The number of likely N-dealkylation sites (tertiary alicyclic amines) is 1. The third-order valence-electron chi connectivity index (χ3n) is 2.24. The van der Waals surface area contributed by atoms with Gasteiger partial charge in [-0.25, -0.2) is 0 Å². The summed E-state index contributed by atoms with van der Waals surface area (Å²) in [6, 6.07) is 0.370. The molecule has 13 heavy (non-hydrogen) atoms. The molecule has 1 heterocycles. The second-order valence-corrected chi connectivity index (χ2v) is 4.11. The van der Waals surface area contributed by atoms with Crippen molar-refractivity contribution in [3.63, 3.8) is 0 Å². The van der Waals surface area contributed by atoms with Crippen molar-refractivity contribution in [1.82, 2.24) is 4.90 Å². The predicted molar refractivity (Wildman–Crippen MR) is 56.3 cm³/mol. The van der Waals surface area contributed by atoms with Crippen molar-refractivity contribution in [3.8, 4) is 11.8 Å². The third kappa shape index (κ3) is 4.31. The van der Waals surface area contributed by atoms with Gasteiger partial charge in [0.25, 0.3) is 0 Å². The van der Waals surface area contributed by atoms with Crippen LogP contribution in [0.1, 0.15) is 26.7 Å². The highest BCUT2D eigenvalue weighted by Gasteiger charge is 2.14. The van der Waals surface area contributed by atoms with Gasteiger partial charge >= 0.3 is 0 Å². The van der Waals surface area contributed by atoms with Crippen molar-refractivity contribution < 1.29 is 0 Å². The third-order valence-corrected chi connectivity index (χ3v) is 2.24. The van der Waals surface area contributed by atoms with E-state index in [1.54, 1.807) is 0 Å². The van der Waals surface area contributed by atoms with Crippen LogP contribution in [-0.4, -0.2) is 30.6 Å². The van der Waals surface area contributed by atoms with Crippen molar-refractivity contribution in [3.05, 3.63) is 0 Å². The van der Waals surface area contributed by atoms with Gasteiger partial charge in [0.2, 0.25) is 0 Å². The zero-order valence-corrected chi connectivity index (χ0v) is 8.71. The number of piperidine rings is 1. The molecule has 0 bridgehead atoms. The maximum Gasteiger partial charge on any atom is 0.0602 e. The summed E-state index contributed by atoms with van der Waals surface area (Å²) in [5.41, 5.74) is 5.87. The molecule has 0 aromatic carbocycles. The lowest BCUT2D eigenvalue weighted by molar-refractivity contribution is 0.232. The molecule has 2 heteroatoms. The predicted octanol–water partition coefficient (Wildman–Crippen LogP) is 1.07. The number of hydrogen-bond acceptors (Lipinski definition) is 2. The van der Waals surface area contributed by atoms with E-state index in [1.165, 1.54) is 19.4 Å². The molecule has 0 radical (unpaired) electrons. The zero-order chi connectivity index (χ0) is 9.68. The van der Waals surface area contributed by atoms with E-state index in [2.05, 4.69) is 30.6 Å². The molecule has 0 amide bonds. The Labute approximate surface area is 81.5 Å². The Morgan fingerprint density at radius 1 is 1.54 bits per heavy atom. The van der Waals surface area contributed by atoms with Crippen LogP contribution in [0, 0.1) is 17.8 Å². The van der Waals surface area contributed by atoms with Gasteiger partial charge in [-0.2, -0.15) is 0 Å². The second-order valence-electron chi connectivity index (χ2n) is 4.11. The lowest BCUT2D eigenvalue weighted by atomic mass is 10.1. The largest absolute Gasteiger partial charge is 0.327 e. The van der Waals surface area contributed by atoms with Gasteiger partial charge in [0.05, 0.1) is 6.54 Å². The number of nitrogens with two attached hydrogens (primary N) is 1. The van der Waals surface area contributed by atoms with E-state index in [0.717, 1.165) is 13.1 Å². The highest BCUT2D eigenvalue weighted by Crippen LogP contribution is 2.06. The lowest BCUT2D eigenvalue weighted by Crippen LogP contribution is -2.42. The molecule has 2 nitrogen and oxygen atoms in total.